The molecule has 1 unspecified atom stereocenters. The van der Waals surface area contributed by atoms with Crippen molar-refractivity contribution in [2.75, 3.05) is 6.66 Å². The molecule has 0 fully saturated rings. The molecule has 4 heteroatoms. The summed E-state index contributed by atoms with van der Waals surface area (Å²) in [6, 6.07) is -2.70. The molecule has 0 amide bonds. The summed E-state index contributed by atoms with van der Waals surface area (Å²) in [4.78, 5) is 8.05. The zero-order chi connectivity index (χ0) is 4.50. The molecule has 0 aromatic heterocycles. The fourth-order valence-corrected chi connectivity index (χ4v) is 0. The second kappa shape index (κ2) is 1.44. The second-order valence-electron chi connectivity index (χ2n) is 0.835. The van der Waals surface area contributed by atoms with Crippen molar-refractivity contribution in [3.63, 3.8) is 0 Å². The van der Waals surface area contributed by atoms with E-state index in [-0.39, 0.29) is 0 Å². The van der Waals surface area contributed by atoms with E-state index >= 15 is 0 Å². The van der Waals surface area contributed by atoms with Gasteiger partial charge in [0.2, 0.25) is 0 Å². The van der Waals surface area contributed by atoms with E-state index in [9.17, 15) is 4.57 Å². The van der Waals surface area contributed by atoms with Crippen molar-refractivity contribution in [1.82, 2.24) is 0 Å². The summed E-state index contributed by atoms with van der Waals surface area (Å²) < 4.78 is 9.74. The van der Waals surface area contributed by atoms with Gasteiger partial charge in [-0.2, -0.15) is 0 Å². The Morgan fingerprint density at radius 1 is 2.00 bits per heavy atom. The van der Waals surface area contributed by atoms with E-state index < -0.39 is 6.06 Å². The monoisotopic (exact) mass is 160 g/mol. The SMILES string of the molecule is CP(=O)(O)[SeH]. The fraction of sp³-hybridized carbons (Fsp3) is 1.00. The summed E-state index contributed by atoms with van der Waals surface area (Å²) in [5.74, 6) is 0. The van der Waals surface area contributed by atoms with Gasteiger partial charge in [-0.3, -0.25) is 0 Å². The molecule has 1 N–H and O–H groups in total. The van der Waals surface area contributed by atoms with Gasteiger partial charge in [0.05, 0.1) is 0 Å². The van der Waals surface area contributed by atoms with Gasteiger partial charge in [0.15, 0.2) is 0 Å². The quantitative estimate of drug-likeness (QED) is 0.389. The van der Waals surface area contributed by atoms with Crippen LogP contribution in [0.15, 0.2) is 0 Å². The Morgan fingerprint density at radius 2 is 2.00 bits per heavy atom. The summed E-state index contributed by atoms with van der Waals surface area (Å²) >= 11 is 1.69. The third-order valence-electron chi connectivity index (χ3n) is 0. The molecule has 0 rings (SSSR count). The van der Waals surface area contributed by atoms with Crippen LogP contribution in [-0.2, 0) is 4.57 Å². The average molecular weight is 159 g/mol. The van der Waals surface area contributed by atoms with Gasteiger partial charge in [-0.15, -0.1) is 0 Å². The second-order valence-corrected chi connectivity index (χ2v) is 7.18. The van der Waals surface area contributed by atoms with Crippen LogP contribution in [0.5, 0.6) is 0 Å². The van der Waals surface area contributed by atoms with Crippen molar-refractivity contribution in [2.24, 2.45) is 0 Å². The van der Waals surface area contributed by atoms with E-state index in [1.54, 1.807) is 15.6 Å². The van der Waals surface area contributed by atoms with E-state index in [1.165, 1.54) is 6.66 Å². The molecule has 0 saturated carbocycles. The molecular weight excluding hydrogens is 154 g/mol. The van der Waals surface area contributed by atoms with Crippen LogP contribution in [0.25, 0.3) is 0 Å². The van der Waals surface area contributed by atoms with Crippen molar-refractivity contribution in [3.05, 3.63) is 0 Å². The first-order chi connectivity index (χ1) is 2.00. The molecule has 5 heavy (non-hydrogen) atoms. The number of hydrogen-bond acceptors (Lipinski definition) is 1. The van der Waals surface area contributed by atoms with Crippen LogP contribution in [0.1, 0.15) is 0 Å². The molecule has 0 saturated heterocycles. The van der Waals surface area contributed by atoms with Crippen LogP contribution in [0.4, 0.5) is 0 Å². The van der Waals surface area contributed by atoms with Crippen molar-refractivity contribution < 1.29 is 9.46 Å². The third-order valence-corrected chi connectivity index (χ3v) is 0. The van der Waals surface area contributed by atoms with Gasteiger partial charge in [-0.1, -0.05) is 0 Å². The molecule has 0 spiro atoms. The van der Waals surface area contributed by atoms with Crippen molar-refractivity contribution >= 4 is 21.6 Å². The number of rotatable bonds is 0. The van der Waals surface area contributed by atoms with Crippen molar-refractivity contribution in [2.45, 2.75) is 0 Å². The maximum absolute atomic E-state index is 9.74. The maximum atomic E-state index is 9.74. The molecule has 32 valence electrons. The van der Waals surface area contributed by atoms with Crippen LogP contribution in [0, 0.1) is 0 Å². The fourth-order valence-electron chi connectivity index (χ4n) is 0. The van der Waals surface area contributed by atoms with E-state index in [4.69, 9.17) is 4.89 Å². The van der Waals surface area contributed by atoms with Crippen LogP contribution >= 0.6 is 6.06 Å². The third kappa shape index (κ3) is 68.7. The molecule has 0 radical (unpaired) electrons. The van der Waals surface area contributed by atoms with Crippen LogP contribution in [0.3, 0.4) is 0 Å². The molecule has 2 nitrogen and oxygen atoms in total. The molecule has 0 heterocycles. The minimum atomic E-state index is -2.70. The summed E-state index contributed by atoms with van der Waals surface area (Å²) in [5, 5.41) is 0. The van der Waals surface area contributed by atoms with Gasteiger partial charge in [0, 0.05) is 0 Å². The van der Waals surface area contributed by atoms with Crippen molar-refractivity contribution in [1.29, 1.82) is 0 Å². The summed E-state index contributed by atoms with van der Waals surface area (Å²) in [5.41, 5.74) is 0. The Kier molecular flexibility index (Phi) is 1.64. The average Bonchev–Trinajstić information content (AvgIpc) is 0.722. The van der Waals surface area contributed by atoms with Crippen molar-refractivity contribution in [3.8, 4) is 0 Å². The van der Waals surface area contributed by atoms with Crippen LogP contribution in [0.2, 0.25) is 0 Å². The van der Waals surface area contributed by atoms with E-state index in [1.807, 2.05) is 0 Å². The molecule has 0 aliphatic carbocycles. The van der Waals surface area contributed by atoms with E-state index in [0.29, 0.717) is 0 Å². The summed E-state index contributed by atoms with van der Waals surface area (Å²) in [6.45, 7) is 1.27. The first-order valence-electron chi connectivity index (χ1n) is 1.03. The Balaban J connectivity index is 3.47. The zero-order valence-electron chi connectivity index (χ0n) is 2.75. The standard InChI is InChI=1S/CH5O2PSe/c1-4(2,3)5/h1H3,(H2,2,3,5). The molecule has 0 aromatic carbocycles. The topological polar surface area (TPSA) is 37.3 Å². The normalized spacial score (nSPS) is 21.4. The van der Waals surface area contributed by atoms with Gasteiger partial charge in [0.25, 0.3) is 0 Å². The molecular formula is CH5O2PSe. The Bertz CT molecular complexity index is 55.8. The predicted molar refractivity (Wildman–Crippen MR) is 22.9 cm³/mol. The van der Waals surface area contributed by atoms with Gasteiger partial charge >= 0.3 is 37.8 Å². The Morgan fingerprint density at radius 3 is 2.00 bits per heavy atom. The number of hydrogen-bond donors (Lipinski definition) is 1. The predicted octanol–water partition coefficient (Wildman–Crippen LogP) is -0.298. The molecule has 0 aliphatic heterocycles. The van der Waals surface area contributed by atoms with Gasteiger partial charge in [-0.25, -0.2) is 0 Å². The molecule has 0 bridgehead atoms. The Hall–Kier alpha value is 0.709. The minimum absolute atomic E-state index is 1.27. The van der Waals surface area contributed by atoms with Gasteiger partial charge in [-0.05, 0) is 0 Å². The first kappa shape index (κ1) is 5.71. The molecule has 0 aromatic rings. The Labute approximate surface area is 38.5 Å². The molecule has 1 atom stereocenters. The molecule has 0 aliphatic rings. The first-order valence-corrected chi connectivity index (χ1v) is 5.61. The van der Waals surface area contributed by atoms with Gasteiger partial charge in [0.1, 0.15) is 0 Å². The van der Waals surface area contributed by atoms with Crippen LogP contribution < -0.4 is 0 Å². The van der Waals surface area contributed by atoms with E-state index in [2.05, 4.69) is 0 Å². The summed E-state index contributed by atoms with van der Waals surface area (Å²) in [7, 11) is 0. The van der Waals surface area contributed by atoms with Crippen LogP contribution in [-0.4, -0.2) is 27.1 Å². The van der Waals surface area contributed by atoms with E-state index in [0.717, 1.165) is 0 Å². The summed E-state index contributed by atoms with van der Waals surface area (Å²) in [6.07, 6.45) is 0. The van der Waals surface area contributed by atoms with Gasteiger partial charge < -0.3 is 0 Å². The zero-order valence-corrected chi connectivity index (χ0v) is 5.52.